The van der Waals surface area contributed by atoms with Gasteiger partial charge in [0.05, 0.1) is 16.1 Å². The fourth-order valence-corrected chi connectivity index (χ4v) is 4.84. The minimum atomic E-state index is -4.89. The quantitative estimate of drug-likeness (QED) is 0.677. The van der Waals surface area contributed by atoms with Crippen LogP contribution in [0.3, 0.4) is 0 Å². The van der Waals surface area contributed by atoms with Crippen LogP contribution in [-0.4, -0.2) is 50.5 Å². The molecule has 30 heavy (non-hydrogen) atoms. The van der Waals surface area contributed by atoms with E-state index >= 15 is 0 Å². The van der Waals surface area contributed by atoms with E-state index in [2.05, 4.69) is 9.46 Å². The Labute approximate surface area is 174 Å². The van der Waals surface area contributed by atoms with Crippen molar-refractivity contribution in [3.05, 3.63) is 48.0 Å². The lowest BCUT2D eigenvalue weighted by atomic mass is 10.1. The predicted molar refractivity (Wildman–Crippen MR) is 107 cm³/mol. The van der Waals surface area contributed by atoms with Gasteiger partial charge in [0.2, 0.25) is 0 Å². The summed E-state index contributed by atoms with van der Waals surface area (Å²) in [5.41, 5.74) is 0.480. The van der Waals surface area contributed by atoms with Crippen LogP contribution in [0.1, 0.15) is 10.4 Å². The second-order valence-electron chi connectivity index (χ2n) is 6.26. The Morgan fingerprint density at radius 2 is 1.73 bits per heavy atom. The number of nitrogens with zero attached hydrogens (tertiary/aromatic N) is 1. The van der Waals surface area contributed by atoms with Gasteiger partial charge in [0, 0.05) is 30.3 Å². The SMILES string of the molecule is O=C(O)c1cc(NS(=O)(=O)c2ccc(OC(F)(F)F)cc2)ccc1N1CCSCC1. The van der Waals surface area contributed by atoms with Gasteiger partial charge in [-0.3, -0.25) is 4.72 Å². The number of carboxylic acid groups (broad SMARTS) is 1. The first-order chi connectivity index (χ1) is 14.0. The molecule has 0 amide bonds. The zero-order chi connectivity index (χ0) is 21.9. The number of rotatable bonds is 6. The van der Waals surface area contributed by atoms with Crippen LogP contribution in [0.4, 0.5) is 24.5 Å². The molecule has 1 fully saturated rings. The number of hydrogen-bond donors (Lipinski definition) is 2. The molecule has 7 nitrogen and oxygen atoms in total. The van der Waals surface area contributed by atoms with E-state index in [1.807, 2.05) is 4.90 Å². The van der Waals surface area contributed by atoms with Gasteiger partial charge in [-0.2, -0.15) is 11.8 Å². The summed E-state index contributed by atoms with van der Waals surface area (Å²) in [6.45, 7) is 1.37. The topological polar surface area (TPSA) is 95.9 Å². The van der Waals surface area contributed by atoms with Crippen molar-refractivity contribution in [2.24, 2.45) is 0 Å². The molecule has 0 unspecified atom stereocenters. The molecule has 0 aromatic heterocycles. The number of sulfonamides is 1. The van der Waals surface area contributed by atoms with Crippen molar-refractivity contribution in [2.45, 2.75) is 11.3 Å². The van der Waals surface area contributed by atoms with Gasteiger partial charge in [-0.05, 0) is 42.5 Å². The molecule has 2 aromatic rings. The molecule has 3 rings (SSSR count). The summed E-state index contributed by atoms with van der Waals surface area (Å²) in [5.74, 6) is -0.0280. The summed E-state index contributed by atoms with van der Waals surface area (Å²) in [4.78, 5) is 13.3. The van der Waals surface area contributed by atoms with Gasteiger partial charge in [0.15, 0.2) is 0 Å². The predicted octanol–water partition coefficient (Wildman–Crippen LogP) is 3.64. The van der Waals surface area contributed by atoms with Crippen LogP contribution in [0.15, 0.2) is 47.4 Å². The molecular formula is C18H17F3N2O5S2. The van der Waals surface area contributed by atoms with Gasteiger partial charge in [-0.1, -0.05) is 0 Å². The first-order valence-electron chi connectivity index (χ1n) is 8.64. The van der Waals surface area contributed by atoms with Crippen LogP contribution in [0.2, 0.25) is 0 Å². The maximum Gasteiger partial charge on any atom is 0.573 e. The third kappa shape index (κ3) is 5.51. The first kappa shape index (κ1) is 22.1. The van der Waals surface area contributed by atoms with Gasteiger partial charge >= 0.3 is 12.3 Å². The van der Waals surface area contributed by atoms with Crippen LogP contribution in [-0.2, 0) is 10.0 Å². The lowest BCUT2D eigenvalue weighted by molar-refractivity contribution is -0.274. The number of ether oxygens (including phenoxy) is 1. The molecule has 0 atom stereocenters. The number of hydrogen-bond acceptors (Lipinski definition) is 6. The Hall–Kier alpha value is -2.60. The van der Waals surface area contributed by atoms with Gasteiger partial charge in [0.1, 0.15) is 5.75 Å². The highest BCUT2D eigenvalue weighted by atomic mass is 32.2. The molecule has 0 saturated carbocycles. The van der Waals surface area contributed by atoms with Gasteiger partial charge < -0.3 is 14.7 Å². The number of alkyl halides is 3. The molecule has 12 heteroatoms. The Balaban J connectivity index is 1.82. The highest BCUT2D eigenvalue weighted by Gasteiger charge is 2.31. The maximum absolute atomic E-state index is 12.5. The van der Waals surface area contributed by atoms with Crippen molar-refractivity contribution >= 4 is 39.1 Å². The maximum atomic E-state index is 12.5. The number of thioether (sulfide) groups is 1. The number of carbonyl (C=O) groups is 1. The molecule has 0 aliphatic carbocycles. The molecule has 1 aliphatic heterocycles. The first-order valence-corrected chi connectivity index (χ1v) is 11.3. The van der Waals surface area contributed by atoms with Crippen LogP contribution in [0.5, 0.6) is 5.75 Å². The monoisotopic (exact) mass is 462 g/mol. The zero-order valence-corrected chi connectivity index (χ0v) is 17.0. The normalized spacial score (nSPS) is 15.0. The van der Waals surface area contributed by atoms with Crippen molar-refractivity contribution < 1.29 is 36.2 Å². The third-order valence-corrected chi connectivity index (χ3v) is 6.54. The average molecular weight is 462 g/mol. The van der Waals surface area contributed by atoms with E-state index in [1.165, 1.54) is 18.2 Å². The van der Waals surface area contributed by atoms with Crippen LogP contribution >= 0.6 is 11.8 Å². The molecule has 0 spiro atoms. The van der Waals surface area contributed by atoms with Crippen molar-refractivity contribution in [1.29, 1.82) is 0 Å². The smallest absolute Gasteiger partial charge is 0.478 e. The Bertz CT molecular complexity index is 1020. The van der Waals surface area contributed by atoms with Crippen molar-refractivity contribution in [2.75, 3.05) is 34.2 Å². The van der Waals surface area contributed by atoms with Crippen LogP contribution < -0.4 is 14.4 Å². The molecule has 2 aromatic carbocycles. The van der Waals surface area contributed by atoms with Gasteiger partial charge in [0.25, 0.3) is 10.0 Å². The summed E-state index contributed by atoms with van der Waals surface area (Å²) >= 11 is 1.77. The van der Waals surface area contributed by atoms with Crippen LogP contribution in [0.25, 0.3) is 0 Å². The fraction of sp³-hybridized carbons (Fsp3) is 0.278. The summed E-state index contributed by atoms with van der Waals surface area (Å²) in [6, 6.07) is 7.88. The highest BCUT2D eigenvalue weighted by molar-refractivity contribution is 7.99. The third-order valence-electron chi connectivity index (χ3n) is 4.20. The molecule has 1 saturated heterocycles. The van der Waals surface area contributed by atoms with E-state index in [0.717, 1.165) is 35.8 Å². The Kier molecular flexibility index (Phi) is 6.36. The minimum Gasteiger partial charge on any atom is -0.478 e. The lowest BCUT2D eigenvalue weighted by Gasteiger charge is -2.29. The number of benzene rings is 2. The molecule has 162 valence electrons. The highest BCUT2D eigenvalue weighted by Crippen LogP contribution is 2.29. The number of halogens is 3. The van der Waals surface area contributed by atoms with Gasteiger partial charge in [-0.15, -0.1) is 13.2 Å². The van der Waals surface area contributed by atoms with Gasteiger partial charge in [-0.25, -0.2) is 13.2 Å². The van der Waals surface area contributed by atoms with Crippen molar-refractivity contribution in [3.63, 3.8) is 0 Å². The van der Waals surface area contributed by atoms with E-state index < -0.39 is 28.1 Å². The Morgan fingerprint density at radius 3 is 2.30 bits per heavy atom. The summed E-state index contributed by atoms with van der Waals surface area (Å²) < 4.78 is 67.7. The van der Waals surface area contributed by atoms with E-state index in [-0.39, 0.29) is 16.1 Å². The Morgan fingerprint density at radius 1 is 1.10 bits per heavy atom. The molecule has 2 N–H and O–H groups in total. The van der Waals surface area contributed by atoms with Crippen molar-refractivity contribution in [1.82, 2.24) is 0 Å². The van der Waals surface area contributed by atoms with E-state index in [4.69, 9.17) is 0 Å². The largest absolute Gasteiger partial charge is 0.573 e. The minimum absolute atomic E-state index is 0.0261. The van der Waals surface area contributed by atoms with E-state index in [9.17, 15) is 31.5 Å². The van der Waals surface area contributed by atoms with E-state index in [0.29, 0.717) is 18.8 Å². The second kappa shape index (κ2) is 8.64. The molecule has 0 radical (unpaired) electrons. The fourth-order valence-electron chi connectivity index (χ4n) is 2.89. The molecule has 1 heterocycles. The lowest BCUT2D eigenvalue weighted by Crippen LogP contribution is -2.33. The molecule has 0 bridgehead atoms. The second-order valence-corrected chi connectivity index (χ2v) is 9.17. The standard InChI is InChI=1S/C18H17F3N2O5S2/c19-18(20,21)28-13-2-4-14(5-3-13)30(26,27)22-12-1-6-16(15(11-12)17(24)25)23-7-9-29-10-8-23/h1-6,11,22H,7-10H2,(H,24,25). The number of nitrogens with one attached hydrogen (secondary N) is 1. The summed E-state index contributed by atoms with van der Waals surface area (Å²) in [5, 5.41) is 9.54. The number of anilines is 2. The van der Waals surface area contributed by atoms with Crippen molar-refractivity contribution in [3.8, 4) is 5.75 Å². The number of aromatic carboxylic acids is 1. The molecule has 1 aliphatic rings. The molecular weight excluding hydrogens is 445 g/mol. The van der Waals surface area contributed by atoms with E-state index in [1.54, 1.807) is 11.8 Å². The summed E-state index contributed by atoms with van der Waals surface area (Å²) in [6.07, 6.45) is -4.89. The average Bonchev–Trinajstić information content (AvgIpc) is 2.67. The van der Waals surface area contributed by atoms with Crippen LogP contribution in [0, 0.1) is 0 Å². The number of carboxylic acids is 1. The summed E-state index contributed by atoms with van der Waals surface area (Å²) in [7, 11) is -4.15. The zero-order valence-electron chi connectivity index (χ0n) is 15.3.